The van der Waals surface area contributed by atoms with Crippen molar-refractivity contribution in [2.75, 3.05) is 20.2 Å². The summed E-state index contributed by atoms with van der Waals surface area (Å²) in [6, 6.07) is 2.10. The maximum absolute atomic E-state index is 12.4. The molecule has 2 heterocycles. The third kappa shape index (κ3) is 4.96. The number of methoxy groups -OCH3 is 1. The maximum Gasteiger partial charge on any atom is 0.322 e. The van der Waals surface area contributed by atoms with Crippen LogP contribution in [0, 0.1) is 0 Å². The molecule has 128 valence electrons. The van der Waals surface area contributed by atoms with E-state index in [-0.39, 0.29) is 12.5 Å². The zero-order chi connectivity index (χ0) is 16.9. The van der Waals surface area contributed by atoms with Crippen LogP contribution in [0.25, 0.3) is 0 Å². The van der Waals surface area contributed by atoms with Gasteiger partial charge in [-0.05, 0) is 37.0 Å². The lowest BCUT2D eigenvalue weighted by molar-refractivity contribution is -0.138. The molecule has 0 amide bonds. The zero-order valence-electron chi connectivity index (χ0n) is 12.9. The predicted molar refractivity (Wildman–Crippen MR) is 83.0 cm³/mol. The standard InChI is InChI=1S/C14H21N3O5S/c1-22-12-4-8-17(9-5-12)23(20,21)16-13(14(18)19)10-11-2-6-15-7-3-11/h2-3,6-7,12-13,16H,4-5,8-10H2,1H3,(H,18,19). The molecule has 23 heavy (non-hydrogen) atoms. The Hall–Kier alpha value is -1.55. The van der Waals surface area contributed by atoms with Gasteiger partial charge in [-0.25, -0.2) is 0 Å². The first-order valence-corrected chi connectivity index (χ1v) is 8.78. The predicted octanol–water partition coefficient (Wildman–Crippen LogP) is 0.0225. The van der Waals surface area contributed by atoms with E-state index >= 15 is 0 Å². The molecule has 0 spiro atoms. The Bertz CT molecular complexity index is 615. The molecule has 0 bridgehead atoms. The minimum Gasteiger partial charge on any atom is -0.480 e. The Morgan fingerprint density at radius 3 is 2.57 bits per heavy atom. The number of hydrogen-bond acceptors (Lipinski definition) is 5. The Morgan fingerprint density at radius 2 is 2.04 bits per heavy atom. The number of piperidine rings is 1. The molecule has 1 atom stereocenters. The number of carboxylic acid groups (broad SMARTS) is 1. The first-order chi connectivity index (χ1) is 10.9. The van der Waals surface area contributed by atoms with Gasteiger partial charge in [-0.2, -0.15) is 17.4 Å². The van der Waals surface area contributed by atoms with Crippen LogP contribution in [-0.4, -0.2) is 61.1 Å². The van der Waals surface area contributed by atoms with Gasteiger partial charge in [0.25, 0.3) is 10.2 Å². The summed E-state index contributed by atoms with van der Waals surface area (Å²) in [5.74, 6) is -1.21. The van der Waals surface area contributed by atoms with Gasteiger partial charge in [-0.1, -0.05) is 0 Å². The highest BCUT2D eigenvalue weighted by atomic mass is 32.2. The molecule has 1 aromatic heterocycles. The lowest BCUT2D eigenvalue weighted by Gasteiger charge is -2.31. The molecular weight excluding hydrogens is 322 g/mol. The second-order valence-corrected chi connectivity index (χ2v) is 7.11. The summed E-state index contributed by atoms with van der Waals surface area (Å²) in [5, 5.41) is 9.30. The van der Waals surface area contributed by atoms with E-state index < -0.39 is 22.2 Å². The third-order valence-electron chi connectivity index (χ3n) is 3.85. The monoisotopic (exact) mass is 343 g/mol. The van der Waals surface area contributed by atoms with Gasteiger partial charge >= 0.3 is 5.97 Å². The van der Waals surface area contributed by atoms with Gasteiger partial charge in [0, 0.05) is 32.6 Å². The number of nitrogens with one attached hydrogen (secondary N) is 1. The minimum absolute atomic E-state index is 0.0496. The molecular formula is C14H21N3O5S. The fraction of sp³-hybridized carbons (Fsp3) is 0.571. The van der Waals surface area contributed by atoms with Crippen molar-refractivity contribution in [3.05, 3.63) is 30.1 Å². The van der Waals surface area contributed by atoms with Crippen molar-refractivity contribution in [3.63, 3.8) is 0 Å². The highest BCUT2D eigenvalue weighted by molar-refractivity contribution is 7.87. The fourth-order valence-corrected chi connectivity index (χ4v) is 3.88. The maximum atomic E-state index is 12.4. The lowest BCUT2D eigenvalue weighted by Crippen LogP contribution is -2.51. The quantitative estimate of drug-likeness (QED) is 0.722. The van der Waals surface area contributed by atoms with Crippen molar-refractivity contribution >= 4 is 16.2 Å². The summed E-state index contributed by atoms with van der Waals surface area (Å²) >= 11 is 0. The number of carboxylic acids is 1. The molecule has 1 unspecified atom stereocenters. The average Bonchev–Trinajstić information content (AvgIpc) is 2.55. The highest BCUT2D eigenvalue weighted by Crippen LogP contribution is 2.16. The summed E-state index contributed by atoms with van der Waals surface area (Å²) in [7, 11) is -2.25. The number of aromatic nitrogens is 1. The van der Waals surface area contributed by atoms with Crippen molar-refractivity contribution in [1.29, 1.82) is 0 Å². The van der Waals surface area contributed by atoms with E-state index in [1.165, 1.54) is 16.7 Å². The zero-order valence-corrected chi connectivity index (χ0v) is 13.7. The molecule has 1 fully saturated rings. The van der Waals surface area contributed by atoms with Crippen LogP contribution in [0.1, 0.15) is 18.4 Å². The molecule has 2 rings (SSSR count). The smallest absolute Gasteiger partial charge is 0.322 e. The largest absolute Gasteiger partial charge is 0.480 e. The van der Waals surface area contributed by atoms with Crippen molar-refractivity contribution in [3.8, 4) is 0 Å². The second kappa shape index (κ2) is 7.82. The Balaban J connectivity index is 2.02. The Labute approximate surface area is 135 Å². The molecule has 1 aliphatic heterocycles. The van der Waals surface area contributed by atoms with Crippen LogP contribution in [0.2, 0.25) is 0 Å². The molecule has 1 aromatic rings. The van der Waals surface area contributed by atoms with Gasteiger partial charge in [0.2, 0.25) is 0 Å². The van der Waals surface area contributed by atoms with E-state index in [0.717, 1.165) is 0 Å². The van der Waals surface area contributed by atoms with Gasteiger partial charge in [0.15, 0.2) is 0 Å². The summed E-state index contributed by atoms with van der Waals surface area (Å²) in [6.45, 7) is 0.630. The third-order valence-corrected chi connectivity index (χ3v) is 5.48. The molecule has 2 N–H and O–H groups in total. The van der Waals surface area contributed by atoms with E-state index in [4.69, 9.17) is 4.74 Å². The fourth-order valence-electron chi connectivity index (χ4n) is 2.50. The van der Waals surface area contributed by atoms with Crippen LogP contribution in [0.4, 0.5) is 0 Å². The first-order valence-electron chi connectivity index (χ1n) is 7.34. The SMILES string of the molecule is COC1CCN(S(=O)(=O)NC(Cc2ccncc2)C(=O)O)CC1. The van der Waals surface area contributed by atoms with Crippen LogP contribution in [-0.2, 0) is 26.2 Å². The molecule has 0 saturated carbocycles. The molecule has 0 aliphatic carbocycles. The van der Waals surface area contributed by atoms with E-state index in [1.807, 2.05) is 0 Å². The lowest BCUT2D eigenvalue weighted by atomic mass is 10.1. The Kier molecular flexibility index (Phi) is 6.05. The van der Waals surface area contributed by atoms with Gasteiger partial charge in [-0.15, -0.1) is 0 Å². The molecule has 0 aromatic carbocycles. The normalized spacial score (nSPS) is 18.7. The number of nitrogens with zero attached hydrogens (tertiary/aromatic N) is 2. The topological polar surface area (TPSA) is 109 Å². The molecule has 0 radical (unpaired) electrons. The number of aliphatic carboxylic acids is 1. The average molecular weight is 343 g/mol. The number of ether oxygens (including phenoxy) is 1. The number of pyridine rings is 1. The summed E-state index contributed by atoms with van der Waals surface area (Å²) in [5.41, 5.74) is 0.702. The number of rotatable bonds is 7. The molecule has 1 saturated heterocycles. The summed E-state index contributed by atoms with van der Waals surface area (Å²) in [4.78, 5) is 15.2. The van der Waals surface area contributed by atoms with Crippen molar-refractivity contribution in [1.82, 2.24) is 14.0 Å². The van der Waals surface area contributed by atoms with E-state index in [2.05, 4.69) is 9.71 Å². The summed E-state index contributed by atoms with van der Waals surface area (Å²) < 4.78 is 33.5. The first kappa shape index (κ1) is 17.8. The van der Waals surface area contributed by atoms with Gasteiger partial charge in [0.1, 0.15) is 6.04 Å². The van der Waals surface area contributed by atoms with Crippen LogP contribution >= 0.6 is 0 Å². The second-order valence-electron chi connectivity index (χ2n) is 5.41. The number of hydrogen-bond donors (Lipinski definition) is 2. The highest BCUT2D eigenvalue weighted by Gasteiger charge is 2.32. The minimum atomic E-state index is -3.85. The van der Waals surface area contributed by atoms with Gasteiger partial charge in [0.05, 0.1) is 6.10 Å². The summed E-state index contributed by atoms with van der Waals surface area (Å²) in [6.07, 6.45) is 4.38. The van der Waals surface area contributed by atoms with Crippen molar-refractivity contribution < 1.29 is 23.1 Å². The molecule has 1 aliphatic rings. The van der Waals surface area contributed by atoms with Crippen LogP contribution in [0.15, 0.2) is 24.5 Å². The van der Waals surface area contributed by atoms with Crippen LogP contribution in [0.5, 0.6) is 0 Å². The Morgan fingerprint density at radius 1 is 1.43 bits per heavy atom. The van der Waals surface area contributed by atoms with E-state index in [1.54, 1.807) is 19.2 Å². The van der Waals surface area contributed by atoms with Crippen molar-refractivity contribution in [2.45, 2.75) is 31.4 Å². The van der Waals surface area contributed by atoms with Crippen molar-refractivity contribution in [2.24, 2.45) is 0 Å². The van der Waals surface area contributed by atoms with Crippen LogP contribution in [0.3, 0.4) is 0 Å². The van der Waals surface area contributed by atoms with Gasteiger partial charge in [-0.3, -0.25) is 9.78 Å². The van der Waals surface area contributed by atoms with Gasteiger partial charge < -0.3 is 9.84 Å². The van der Waals surface area contributed by atoms with E-state index in [0.29, 0.717) is 31.5 Å². The van der Waals surface area contributed by atoms with E-state index in [9.17, 15) is 18.3 Å². The molecule has 9 heteroatoms. The number of carbonyl (C=O) groups is 1. The molecule has 8 nitrogen and oxygen atoms in total. The van der Waals surface area contributed by atoms with Crippen LogP contribution < -0.4 is 4.72 Å².